The molecule has 2 aromatic carbocycles. The van der Waals surface area contributed by atoms with Gasteiger partial charge in [-0.3, -0.25) is 14.1 Å². The number of hydrogen-bond acceptors (Lipinski definition) is 5. The zero-order valence-corrected chi connectivity index (χ0v) is 15.1. The topological polar surface area (TPSA) is 115 Å². The van der Waals surface area contributed by atoms with Gasteiger partial charge in [-0.2, -0.15) is 8.42 Å². The molecule has 0 bridgehead atoms. The Morgan fingerprint density at radius 3 is 2.22 bits per heavy atom. The second-order valence-corrected chi connectivity index (χ2v) is 7.91. The molecule has 1 aliphatic carbocycles. The van der Waals surface area contributed by atoms with Gasteiger partial charge in [0.1, 0.15) is 4.90 Å². The average molecular weight is 461 g/mol. The van der Waals surface area contributed by atoms with Gasteiger partial charge in [-0.15, -0.1) is 0 Å². The number of nitrogen functional groups attached to an aromatic ring is 1. The molecule has 118 valence electrons. The number of carbonyl (C=O) groups is 2. The molecule has 0 radical (unpaired) electrons. The minimum Gasteiger partial charge on any atom is -0.397 e. The van der Waals surface area contributed by atoms with Gasteiger partial charge in [0, 0.05) is 14.5 Å². The monoisotopic (exact) mass is 459 g/mol. The molecule has 0 fully saturated rings. The summed E-state index contributed by atoms with van der Waals surface area (Å²) in [5.74, 6) is -1.28. The molecule has 0 spiro atoms. The van der Waals surface area contributed by atoms with Crippen molar-refractivity contribution in [2.45, 2.75) is 4.90 Å². The number of halogens is 2. The first-order valence-corrected chi connectivity index (χ1v) is 9.14. The lowest BCUT2D eigenvalue weighted by atomic mass is 9.83. The summed E-state index contributed by atoms with van der Waals surface area (Å²) in [7, 11) is -4.66. The predicted octanol–water partition coefficient (Wildman–Crippen LogP) is 2.82. The number of hydrogen-bond donors (Lipinski definition) is 2. The van der Waals surface area contributed by atoms with E-state index in [9.17, 15) is 22.6 Å². The summed E-state index contributed by atoms with van der Waals surface area (Å²) < 4.78 is 33.1. The summed E-state index contributed by atoms with van der Waals surface area (Å²) in [6.45, 7) is 0. The zero-order chi connectivity index (χ0) is 17.1. The van der Waals surface area contributed by atoms with Crippen LogP contribution in [0.15, 0.2) is 38.1 Å². The quantitative estimate of drug-likeness (QED) is 0.426. The van der Waals surface area contributed by atoms with Crippen molar-refractivity contribution >= 4 is 59.2 Å². The van der Waals surface area contributed by atoms with E-state index in [1.54, 1.807) is 0 Å². The number of ketones is 2. The van der Waals surface area contributed by atoms with Gasteiger partial charge < -0.3 is 5.73 Å². The molecule has 0 aromatic heterocycles. The molecule has 9 heteroatoms. The molecule has 1 aliphatic rings. The van der Waals surface area contributed by atoms with Crippen molar-refractivity contribution in [1.82, 2.24) is 0 Å². The molecule has 2 aromatic rings. The number of rotatable bonds is 1. The number of benzene rings is 2. The van der Waals surface area contributed by atoms with Gasteiger partial charge in [0.15, 0.2) is 11.6 Å². The summed E-state index contributed by atoms with van der Waals surface area (Å²) >= 11 is 6.40. The van der Waals surface area contributed by atoms with E-state index in [1.807, 2.05) is 0 Å². The predicted molar refractivity (Wildman–Crippen MR) is 89.4 cm³/mol. The fourth-order valence-corrected chi connectivity index (χ4v) is 4.57. The van der Waals surface area contributed by atoms with Gasteiger partial charge in [-0.05, 0) is 44.0 Å². The van der Waals surface area contributed by atoms with Crippen LogP contribution in [0, 0.1) is 0 Å². The summed E-state index contributed by atoms with van der Waals surface area (Å²) in [6, 6.07) is 5.17. The van der Waals surface area contributed by atoms with Crippen molar-refractivity contribution in [2.24, 2.45) is 0 Å². The maximum absolute atomic E-state index is 12.8. The Balaban J connectivity index is 2.46. The van der Waals surface area contributed by atoms with E-state index in [1.165, 1.54) is 18.2 Å². The number of anilines is 1. The van der Waals surface area contributed by atoms with Crippen LogP contribution >= 0.6 is 31.9 Å². The standard InChI is InChI=1S/C14H7Br2NO5S/c15-6-4-7(16)12(17)11-10(6)14(19)9-5(13(11)18)2-1-3-8(9)23(20,21)22/h1-4H,17H2,(H,20,21,22). The van der Waals surface area contributed by atoms with E-state index in [4.69, 9.17) is 5.73 Å². The van der Waals surface area contributed by atoms with Crippen LogP contribution in [-0.2, 0) is 10.1 Å². The Kier molecular flexibility index (Phi) is 3.71. The van der Waals surface area contributed by atoms with Crippen LogP contribution in [0.3, 0.4) is 0 Å². The van der Waals surface area contributed by atoms with Crippen LogP contribution in [0.2, 0.25) is 0 Å². The van der Waals surface area contributed by atoms with E-state index in [-0.39, 0.29) is 27.9 Å². The zero-order valence-electron chi connectivity index (χ0n) is 11.1. The van der Waals surface area contributed by atoms with Crippen LogP contribution in [0.1, 0.15) is 31.8 Å². The minimum absolute atomic E-state index is 0.00348. The summed E-state index contributed by atoms with van der Waals surface area (Å²) in [5, 5.41) is 0. The minimum atomic E-state index is -4.66. The molecule has 0 amide bonds. The Hall–Kier alpha value is -1.55. The van der Waals surface area contributed by atoms with E-state index in [0.29, 0.717) is 8.95 Å². The lowest BCUT2D eigenvalue weighted by molar-refractivity contribution is 0.0976. The van der Waals surface area contributed by atoms with Crippen LogP contribution < -0.4 is 5.73 Å². The van der Waals surface area contributed by atoms with E-state index in [0.717, 1.165) is 6.07 Å². The molecule has 3 N–H and O–H groups in total. The van der Waals surface area contributed by atoms with Gasteiger partial charge in [-0.1, -0.05) is 12.1 Å². The smallest absolute Gasteiger partial charge is 0.295 e. The maximum Gasteiger partial charge on any atom is 0.295 e. The second kappa shape index (κ2) is 5.23. The van der Waals surface area contributed by atoms with E-state index < -0.39 is 26.6 Å². The second-order valence-electron chi connectivity index (χ2n) is 4.82. The van der Waals surface area contributed by atoms with Crippen molar-refractivity contribution < 1.29 is 22.6 Å². The van der Waals surface area contributed by atoms with Gasteiger partial charge >= 0.3 is 0 Å². The molecule has 0 saturated heterocycles. The maximum atomic E-state index is 12.8. The number of carbonyl (C=O) groups excluding carboxylic acids is 2. The van der Waals surface area contributed by atoms with Crippen molar-refractivity contribution in [1.29, 1.82) is 0 Å². The molecule has 0 unspecified atom stereocenters. The summed E-state index contributed by atoms with van der Waals surface area (Å²) in [5.41, 5.74) is 5.48. The fraction of sp³-hybridized carbons (Fsp3) is 0. The highest BCUT2D eigenvalue weighted by Gasteiger charge is 2.37. The molecule has 3 rings (SSSR count). The summed E-state index contributed by atoms with van der Waals surface area (Å²) in [4.78, 5) is 24.9. The van der Waals surface area contributed by atoms with Gasteiger partial charge in [0.2, 0.25) is 0 Å². The number of fused-ring (bicyclic) bond motifs is 2. The van der Waals surface area contributed by atoms with Crippen molar-refractivity contribution in [3.05, 3.63) is 55.5 Å². The van der Waals surface area contributed by atoms with Crippen molar-refractivity contribution in [3.8, 4) is 0 Å². The lowest BCUT2D eigenvalue weighted by Gasteiger charge is -2.22. The highest BCUT2D eigenvalue weighted by atomic mass is 79.9. The molecule has 6 nitrogen and oxygen atoms in total. The largest absolute Gasteiger partial charge is 0.397 e. The van der Waals surface area contributed by atoms with Crippen LogP contribution in [0.5, 0.6) is 0 Å². The Labute approximate surface area is 147 Å². The van der Waals surface area contributed by atoms with Crippen LogP contribution in [0.4, 0.5) is 5.69 Å². The molecular formula is C14H7Br2NO5S. The molecular weight excluding hydrogens is 454 g/mol. The van der Waals surface area contributed by atoms with Crippen LogP contribution in [0.25, 0.3) is 0 Å². The third-order valence-electron chi connectivity index (χ3n) is 3.50. The molecule has 0 atom stereocenters. The van der Waals surface area contributed by atoms with Crippen molar-refractivity contribution in [2.75, 3.05) is 5.73 Å². The van der Waals surface area contributed by atoms with Gasteiger partial charge in [-0.25, -0.2) is 0 Å². The first-order valence-electron chi connectivity index (χ1n) is 6.12. The first kappa shape index (κ1) is 16.3. The van der Waals surface area contributed by atoms with Crippen LogP contribution in [-0.4, -0.2) is 24.5 Å². The normalized spacial score (nSPS) is 13.7. The average Bonchev–Trinajstić information content (AvgIpc) is 2.46. The molecule has 0 aliphatic heterocycles. The highest BCUT2D eigenvalue weighted by molar-refractivity contribution is 9.11. The fourth-order valence-electron chi connectivity index (χ4n) is 2.52. The van der Waals surface area contributed by atoms with Gasteiger partial charge in [0.05, 0.1) is 22.4 Å². The first-order chi connectivity index (χ1) is 10.6. The third-order valence-corrected chi connectivity index (χ3v) is 5.68. The van der Waals surface area contributed by atoms with Gasteiger partial charge in [0.25, 0.3) is 10.1 Å². The number of nitrogens with two attached hydrogens (primary N) is 1. The SMILES string of the molecule is Nc1c(Br)cc(Br)c2c1C(=O)c1cccc(S(=O)(=O)O)c1C2=O. The Morgan fingerprint density at radius 2 is 1.61 bits per heavy atom. The van der Waals surface area contributed by atoms with E-state index >= 15 is 0 Å². The molecule has 23 heavy (non-hydrogen) atoms. The molecule has 0 heterocycles. The van der Waals surface area contributed by atoms with E-state index in [2.05, 4.69) is 31.9 Å². The third kappa shape index (κ3) is 2.35. The highest BCUT2D eigenvalue weighted by Crippen LogP contribution is 2.40. The van der Waals surface area contributed by atoms with Crippen molar-refractivity contribution in [3.63, 3.8) is 0 Å². The summed E-state index contributed by atoms with van der Waals surface area (Å²) in [6.07, 6.45) is 0. The lowest BCUT2D eigenvalue weighted by Crippen LogP contribution is -2.25. The molecule has 0 saturated carbocycles. The Morgan fingerprint density at radius 1 is 0.957 bits per heavy atom. The Bertz CT molecular complexity index is 1010.